The van der Waals surface area contributed by atoms with Crippen molar-refractivity contribution < 1.29 is 0 Å². The van der Waals surface area contributed by atoms with Crippen LogP contribution in [0.15, 0.2) is 231 Å². The van der Waals surface area contributed by atoms with Crippen molar-refractivity contribution in [3.05, 3.63) is 276 Å². The van der Waals surface area contributed by atoms with Gasteiger partial charge in [-0.15, -0.1) is 0 Å². The Labute approximate surface area is 433 Å². The standard InChI is InChI=1S/C70H54N4/c1-69(2)65-39-49(25-33-61(65)63-35-31-57(43-67(63)69)73(59-15-9-37-71-45-59)55-29-27-51-11-5-7-13-53(51)41-55)23-21-47-17-19-48(20-18-47)22-24-50-26-34-62-64-36-32-58(44-68(64)70(3,4)66(62)40-50)74(60-16-10-38-72-46-60)56-30-28-52-12-6-8-14-54(52)42-56/h5-46H,1-4H3. The molecule has 0 unspecified atom stereocenters. The van der Waals surface area contributed by atoms with Gasteiger partial charge in [0.05, 0.1) is 23.8 Å². The monoisotopic (exact) mass is 950 g/mol. The van der Waals surface area contributed by atoms with Gasteiger partial charge in [-0.25, -0.2) is 0 Å². The van der Waals surface area contributed by atoms with Gasteiger partial charge in [-0.3, -0.25) is 9.97 Å². The van der Waals surface area contributed by atoms with Crippen molar-refractivity contribution in [1.29, 1.82) is 0 Å². The molecule has 354 valence electrons. The summed E-state index contributed by atoms with van der Waals surface area (Å²) >= 11 is 0. The summed E-state index contributed by atoms with van der Waals surface area (Å²) in [6, 6.07) is 75.3. The van der Waals surface area contributed by atoms with Gasteiger partial charge in [0.25, 0.3) is 0 Å². The number of benzene rings is 9. The highest BCUT2D eigenvalue weighted by atomic mass is 15.2. The van der Waals surface area contributed by atoms with E-state index in [0.29, 0.717) is 0 Å². The Morgan fingerprint density at radius 3 is 1.04 bits per heavy atom. The van der Waals surface area contributed by atoms with Crippen LogP contribution < -0.4 is 9.80 Å². The second-order valence-corrected chi connectivity index (χ2v) is 20.8. The van der Waals surface area contributed by atoms with Crippen molar-refractivity contribution in [3.8, 4) is 22.3 Å². The maximum Gasteiger partial charge on any atom is 0.0644 e. The fourth-order valence-corrected chi connectivity index (χ4v) is 11.6. The summed E-state index contributed by atoms with van der Waals surface area (Å²) in [5, 5.41) is 4.87. The van der Waals surface area contributed by atoms with Crippen LogP contribution in [0.4, 0.5) is 34.1 Å². The molecule has 2 heterocycles. The molecule has 74 heavy (non-hydrogen) atoms. The Bertz CT molecular complexity index is 3750. The average molecular weight is 951 g/mol. The number of pyridine rings is 2. The van der Waals surface area contributed by atoms with Crippen molar-refractivity contribution in [3.63, 3.8) is 0 Å². The molecule has 0 saturated carbocycles. The first-order valence-corrected chi connectivity index (χ1v) is 25.6. The fourth-order valence-electron chi connectivity index (χ4n) is 11.6. The maximum absolute atomic E-state index is 4.51. The van der Waals surface area contributed by atoms with Gasteiger partial charge in [0, 0.05) is 46.0 Å². The second kappa shape index (κ2) is 17.9. The molecule has 2 aliphatic carbocycles. The van der Waals surface area contributed by atoms with Crippen molar-refractivity contribution in [1.82, 2.24) is 9.97 Å². The van der Waals surface area contributed by atoms with E-state index in [1.54, 1.807) is 0 Å². The Morgan fingerprint density at radius 2 is 0.635 bits per heavy atom. The second-order valence-electron chi connectivity index (χ2n) is 20.8. The molecule has 4 nitrogen and oxygen atoms in total. The molecule has 2 aliphatic rings. The third kappa shape index (κ3) is 7.87. The van der Waals surface area contributed by atoms with Crippen molar-refractivity contribution in [2.75, 3.05) is 9.80 Å². The number of hydrogen-bond donors (Lipinski definition) is 0. The molecule has 0 amide bonds. The Kier molecular flexibility index (Phi) is 10.8. The van der Waals surface area contributed by atoms with E-state index in [2.05, 4.69) is 266 Å². The smallest absolute Gasteiger partial charge is 0.0644 e. The molecule has 0 spiro atoms. The summed E-state index contributed by atoms with van der Waals surface area (Å²) in [7, 11) is 0. The number of aromatic nitrogens is 2. The van der Waals surface area contributed by atoms with E-state index in [9.17, 15) is 0 Å². The molecular formula is C70H54N4. The van der Waals surface area contributed by atoms with Crippen LogP contribution in [0.2, 0.25) is 0 Å². The van der Waals surface area contributed by atoms with Crippen molar-refractivity contribution >= 4 is 80.0 Å². The van der Waals surface area contributed by atoms with Crippen LogP contribution in [0.5, 0.6) is 0 Å². The first-order chi connectivity index (χ1) is 36.2. The van der Waals surface area contributed by atoms with Gasteiger partial charge in [0.1, 0.15) is 0 Å². The molecule has 0 saturated heterocycles. The molecule has 0 bridgehead atoms. The van der Waals surface area contributed by atoms with Crippen molar-refractivity contribution in [2.45, 2.75) is 38.5 Å². The van der Waals surface area contributed by atoms with Crippen LogP contribution in [0.1, 0.15) is 72.2 Å². The van der Waals surface area contributed by atoms with E-state index >= 15 is 0 Å². The minimum Gasteiger partial charge on any atom is -0.309 e. The van der Waals surface area contributed by atoms with E-state index in [1.807, 2.05) is 36.9 Å². The molecule has 11 aromatic rings. The Hall–Kier alpha value is -9.12. The van der Waals surface area contributed by atoms with Crippen LogP contribution in [-0.2, 0) is 10.8 Å². The van der Waals surface area contributed by atoms with Gasteiger partial charge >= 0.3 is 0 Å². The average Bonchev–Trinajstić information content (AvgIpc) is 3.80. The normalized spacial score (nSPS) is 13.8. The van der Waals surface area contributed by atoms with Crippen LogP contribution in [0.3, 0.4) is 0 Å². The zero-order valence-corrected chi connectivity index (χ0v) is 42.0. The Balaban J connectivity index is 0.719. The first kappa shape index (κ1) is 44.8. The molecule has 0 aliphatic heterocycles. The van der Waals surface area contributed by atoms with Gasteiger partial charge < -0.3 is 9.80 Å². The van der Waals surface area contributed by atoms with E-state index in [4.69, 9.17) is 0 Å². The quantitative estimate of drug-likeness (QED) is 0.128. The molecule has 9 aromatic carbocycles. The largest absolute Gasteiger partial charge is 0.309 e. The maximum atomic E-state index is 4.51. The number of nitrogens with zero attached hydrogens (tertiary/aromatic N) is 4. The highest BCUT2D eigenvalue weighted by Gasteiger charge is 2.37. The minimum absolute atomic E-state index is 0.188. The predicted molar refractivity (Wildman–Crippen MR) is 312 cm³/mol. The summed E-state index contributed by atoms with van der Waals surface area (Å²) in [5.74, 6) is 0. The van der Waals surface area contributed by atoms with E-state index in [1.165, 1.54) is 77.2 Å². The predicted octanol–water partition coefficient (Wildman–Crippen LogP) is 18.7. The topological polar surface area (TPSA) is 32.3 Å². The van der Waals surface area contributed by atoms with Gasteiger partial charge in [0.15, 0.2) is 0 Å². The molecule has 0 N–H and O–H groups in total. The minimum atomic E-state index is -0.188. The van der Waals surface area contributed by atoms with E-state index in [0.717, 1.165) is 45.3 Å². The molecule has 4 heteroatoms. The summed E-state index contributed by atoms with van der Waals surface area (Å²) < 4.78 is 0. The lowest BCUT2D eigenvalue weighted by Crippen LogP contribution is -2.16. The lowest BCUT2D eigenvalue weighted by atomic mass is 9.81. The van der Waals surface area contributed by atoms with Crippen LogP contribution in [0, 0.1) is 0 Å². The van der Waals surface area contributed by atoms with Gasteiger partial charge in [0.2, 0.25) is 0 Å². The van der Waals surface area contributed by atoms with Crippen LogP contribution >= 0.6 is 0 Å². The summed E-state index contributed by atoms with van der Waals surface area (Å²) in [6.45, 7) is 9.43. The zero-order valence-electron chi connectivity index (χ0n) is 42.0. The molecule has 0 atom stereocenters. The van der Waals surface area contributed by atoms with Gasteiger partial charge in [-0.1, -0.05) is 185 Å². The molecule has 13 rings (SSSR count). The molecule has 2 aromatic heterocycles. The Morgan fingerprint density at radius 1 is 0.297 bits per heavy atom. The highest BCUT2D eigenvalue weighted by molar-refractivity contribution is 5.93. The lowest BCUT2D eigenvalue weighted by molar-refractivity contribution is 0.660. The molecule has 0 fully saturated rings. The summed E-state index contributed by atoms with van der Waals surface area (Å²) in [4.78, 5) is 13.7. The van der Waals surface area contributed by atoms with Gasteiger partial charge in [-0.2, -0.15) is 0 Å². The fraction of sp³-hybridized carbons (Fsp3) is 0.0857. The molecule has 0 radical (unpaired) electrons. The van der Waals surface area contributed by atoms with Crippen molar-refractivity contribution in [2.24, 2.45) is 0 Å². The van der Waals surface area contributed by atoms with Crippen LogP contribution in [0.25, 0.3) is 68.1 Å². The third-order valence-electron chi connectivity index (χ3n) is 15.5. The number of rotatable bonds is 10. The van der Waals surface area contributed by atoms with Gasteiger partial charge in [-0.05, 0) is 161 Å². The third-order valence-corrected chi connectivity index (χ3v) is 15.5. The SMILES string of the molecule is CC1(C)c2cc(C=Cc3ccc(C=Cc4ccc5c(c4)C(C)(C)c4cc(N(c6cccnc6)c6ccc7ccccc7c6)ccc4-5)cc3)ccc2-c2ccc(N(c3cccnc3)c3ccc4ccccc4c3)cc21. The summed E-state index contributed by atoms with van der Waals surface area (Å²) in [6.07, 6.45) is 16.5. The summed E-state index contributed by atoms with van der Waals surface area (Å²) in [5.41, 5.74) is 21.4. The van der Waals surface area contributed by atoms with E-state index in [-0.39, 0.29) is 10.8 Å². The molecular weight excluding hydrogens is 897 g/mol. The highest BCUT2D eigenvalue weighted by Crippen LogP contribution is 2.53. The van der Waals surface area contributed by atoms with E-state index < -0.39 is 0 Å². The lowest BCUT2D eigenvalue weighted by Gasteiger charge is -2.28. The first-order valence-electron chi connectivity index (χ1n) is 25.6. The number of fused-ring (bicyclic) bond motifs is 8. The number of anilines is 6. The zero-order chi connectivity index (χ0) is 50.0. The van der Waals surface area contributed by atoms with Crippen LogP contribution in [-0.4, -0.2) is 9.97 Å². The number of hydrogen-bond acceptors (Lipinski definition) is 4.